The molecule has 0 spiro atoms. The Labute approximate surface area is 879 Å². The average molecular weight is 2220 g/mol. The van der Waals surface area contributed by atoms with Crippen LogP contribution in [0.1, 0.15) is 135 Å². The number of carboxylic acid groups (broad SMARTS) is 3. The first-order valence-corrected chi connectivity index (χ1v) is 47.9. The van der Waals surface area contributed by atoms with Crippen LogP contribution in [0.5, 0.6) is 0 Å². The molecule has 0 aliphatic rings. The standard InChI is InChI=1S/C14H26O7.C13H20O6S.C12H24O5.C10H18O5.C8H17NO5.C7H7ClO2S.C6H13N3O3.C6H15NO3.C6H14O4.C2H3BrO2.2CH4.ClH.N3.Na/c1-14(2,3)21-13(17)5-4-6-18-7-8-19-9-10-20-11-12(15)16;1-12-2-4-13(5-3-12)20(15,16)19-11-10-18-9-8-17-7-6-14;1-12(2,3)17-11(14)5-4-7-15-9-10-16-8-6-13;1-9(2,3)14-7(11)13-8(12)15-10(4,5)6;9-1-2-12-3-4-13-5-6-14-7-8(10)11;1-6-2-4-7(5-3-6)11(8,9)10;7-9-8-1-3-11-5-6-12-4-2-10;2*7-1-3-9-5-6-10-4-2-8;3-1-2(4)5;;;;1-3-2;/h4-11H2,1-3H3,(H,15,16);2-5,14H,6-11H2,1H3;13H,4-10H2,1-3H3;1-6H3;1-7,9H2,(H,10,11);2-5H,1H3;10H,1-6H2;8H,1-7H2;7-8H,1-6H2;1H2,(H,4,5);2*1H4;1H;;/q;;;;;;;;;;;;;-1;+1. The molecule has 142 heavy (non-hydrogen) atoms. The maximum absolute atomic E-state index is 11.8. The molecular weight excluding hydrogens is 2050 g/mol. The van der Waals surface area contributed by atoms with Gasteiger partial charge in [0.2, 0.25) is 0 Å². The summed E-state index contributed by atoms with van der Waals surface area (Å²) in [5, 5.41) is 77.6. The molecule has 0 amide bonds. The number of aliphatic hydroxyl groups is 6. The van der Waals surface area contributed by atoms with Gasteiger partial charge in [-0.1, -0.05) is 71.3 Å². The van der Waals surface area contributed by atoms with Gasteiger partial charge in [0.1, 0.15) is 40.9 Å². The number of esters is 2. The van der Waals surface area contributed by atoms with E-state index in [1.54, 1.807) is 65.8 Å². The van der Waals surface area contributed by atoms with Gasteiger partial charge in [0.05, 0.1) is 241 Å². The first kappa shape index (κ1) is 164. The molecule has 0 radical (unpaired) electrons. The minimum Gasteiger partial charge on any atom is -0.481 e. The van der Waals surface area contributed by atoms with Crippen molar-refractivity contribution in [3.05, 3.63) is 86.1 Å². The SMILES string of the molecule is C.C.CC(C)(C)OC(=O)CCCOCCOCCO.CC(C)(C)OC(=O)CCCOCCOCCOCC(=O)O.CC(C)(C)OC(=O)OC(=O)OC(C)(C)C.Cc1ccc(S(=O)(=O)Cl)cc1.Cc1ccc(S(=O)(=O)OCCOCCOCCO)cc1.Cl.NCCOCCOCCO.NCCOCCOCCOCC(=O)O.O=C(O)CBr.OCCOCCOCCO.[N-]=[N+]=NCCOCCOCCO.[N-]=[N+]=[N-].[Na+]. The van der Waals surface area contributed by atoms with Gasteiger partial charge in [-0.15, -0.1) is 12.4 Å². The molecule has 0 fully saturated rings. The molecule has 0 unspecified atom stereocenters. The number of rotatable bonds is 65. The molecule has 2 aromatic rings. The zero-order valence-electron chi connectivity index (χ0n) is 83.7. The summed E-state index contributed by atoms with van der Waals surface area (Å²) in [6.45, 7) is 38.0. The Kier molecular flexibility index (Phi) is 137. The van der Waals surface area contributed by atoms with Crippen LogP contribution < -0.4 is 41.0 Å². The smallest absolute Gasteiger partial charge is 0.481 e. The van der Waals surface area contributed by atoms with Gasteiger partial charge in [-0.2, -0.15) is 8.42 Å². The summed E-state index contributed by atoms with van der Waals surface area (Å²) in [5.41, 5.74) is 31.5. The molecule has 0 bridgehead atoms. The van der Waals surface area contributed by atoms with Gasteiger partial charge in [0, 0.05) is 61.3 Å². The number of carbonyl (C=O) groups excluding carboxylic acids is 4. The van der Waals surface area contributed by atoms with E-state index in [1.165, 1.54) is 29.2 Å². The minimum absolute atomic E-state index is 0. The summed E-state index contributed by atoms with van der Waals surface area (Å²) in [7, 11) is -2.19. The molecule has 0 aromatic heterocycles. The number of hydrogen-bond donors (Lipinski definition) is 11. The van der Waals surface area contributed by atoms with Crippen molar-refractivity contribution >= 4 is 100 Å². The number of azide groups is 1. The molecule has 0 saturated heterocycles. The van der Waals surface area contributed by atoms with Crippen molar-refractivity contribution in [1.82, 2.24) is 0 Å². The van der Waals surface area contributed by atoms with Crippen LogP contribution in [0, 0.1) is 13.8 Å². The number of nitrogens with two attached hydrogens (primary N) is 2. The predicted molar refractivity (Wildman–Crippen MR) is 527 cm³/mol. The van der Waals surface area contributed by atoms with Crippen molar-refractivity contribution in [3.63, 3.8) is 0 Å². The van der Waals surface area contributed by atoms with Gasteiger partial charge < -0.3 is 168 Å². The van der Waals surface area contributed by atoms with Crippen LogP contribution in [0.2, 0.25) is 0 Å². The van der Waals surface area contributed by atoms with Crippen molar-refractivity contribution in [2.24, 2.45) is 16.6 Å². The second-order valence-corrected chi connectivity index (χ2v) is 34.4. The minimum atomic E-state index is -3.72. The number of nitrogens with zero attached hydrogens (tertiary/aromatic N) is 6. The van der Waals surface area contributed by atoms with Crippen molar-refractivity contribution in [3.8, 4) is 0 Å². The largest absolute Gasteiger partial charge is 1.00 e. The molecule has 0 atom stereocenters. The zero-order valence-corrected chi connectivity index (χ0v) is 90.5. The van der Waals surface area contributed by atoms with E-state index < -0.39 is 71.8 Å². The number of carboxylic acids is 3. The Morgan fingerprint density at radius 3 is 0.824 bits per heavy atom. The molecule has 0 aliphatic carbocycles. The van der Waals surface area contributed by atoms with Crippen LogP contribution in [-0.2, 0) is 147 Å². The first-order valence-electron chi connectivity index (χ1n) is 43.1. The number of ether oxygens (including phenoxy) is 21. The van der Waals surface area contributed by atoms with Crippen molar-refractivity contribution in [2.45, 2.75) is 170 Å². The van der Waals surface area contributed by atoms with Crippen LogP contribution in [0.4, 0.5) is 9.59 Å². The Bertz CT molecular complexity index is 3420. The van der Waals surface area contributed by atoms with Crippen LogP contribution in [0.15, 0.2) is 63.4 Å². The summed E-state index contributed by atoms with van der Waals surface area (Å²) in [6, 6.07) is 12.8. The van der Waals surface area contributed by atoms with E-state index in [9.17, 15) is 50.4 Å². The third kappa shape index (κ3) is 162. The monoisotopic (exact) mass is 2220 g/mol. The molecule has 2 aromatic carbocycles. The Morgan fingerprint density at radius 2 is 0.599 bits per heavy atom. The van der Waals surface area contributed by atoms with E-state index in [4.69, 9.17) is 184 Å². The molecular formula is C86H166BrCl2N8NaO42S2. The van der Waals surface area contributed by atoms with E-state index >= 15 is 0 Å². The van der Waals surface area contributed by atoms with Crippen molar-refractivity contribution in [1.29, 1.82) is 0 Å². The second kappa shape index (κ2) is 119. The summed E-state index contributed by atoms with van der Waals surface area (Å²) in [5.74, 6) is -3.22. The van der Waals surface area contributed by atoms with Crippen LogP contribution >= 0.6 is 39.0 Å². The fourth-order valence-corrected chi connectivity index (χ4v) is 8.88. The number of carbonyl (C=O) groups is 7. The second-order valence-electron chi connectivity index (χ2n) is 29.7. The van der Waals surface area contributed by atoms with E-state index in [-0.39, 0.29) is 170 Å². The number of aryl methyl sites for hydroxylation is 2. The number of hydrogen-bond acceptors (Lipinski definition) is 42. The number of halogens is 3. The molecule has 836 valence electrons. The summed E-state index contributed by atoms with van der Waals surface area (Å²) >= 11 is 2.71. The summed E-state index contributed by atoms with van der Waals surface area (Å²) < 4.78 is 154. The topological polar surface area (TPSA) is 732 Å². The third-order valence-electron chi connectivity index (χ3n) is 12.5. The quantitative estimate of drug-likeness (QED) is 0.00342. The number of benzene rings is 2. The van der Waals surface area contributed by atoms with Crippen molar-refractivity contribution in [2.75, 3.05) is 283 Å². The van der Waals surface area contributed by atoms with Crippen LogP contribution in [0.25, 0.3) is 26.4 Å². The van der Waals surface area contributed by atoms with Gasteiger partial charge in [-0.05, 0) is 140 Å². The van der Waals surface area contributed by atoms with Gasteiger partial charge in [0.15, 0.2) is 0 Å². The van der Waals surface area contributed by atoms with E-state index in [0.717, 1.165) is 11.1 Å². The number of aliphatic carboxylic acids is 3. The maximum atomic E-state index is 11.8. The molecule has 0 heterocycles. The zero-order chi connectivity index (χ0) is 107. The van der Waals surface area contributed by atoms with Gasteiger partial charge in [-0.3, -0.25) is 23.5 Å². The molecule has 0 aliphatic heterocycles. The van der Waals surface area contributed by atoms with Crippen LogP contribution in [-0.4, -0.2) is 410 Å². The van der Waals surface area contributed by atoms with Crippen LogP contribution in [0.3, 0.4) is 0 Å². The third-order valence-corrected chi connectivity index (χ3v) is 15.6. The Morgan fingerprint density at radius 1 is 0.373 bits per heavy atom. The van der Waals surface area contributed by atoms with Gasteiger partial charge in [0.25, 0.3) is 19.2 Å². The van der Waals surface area contributed by atoms with Crippen molar-refractivity contribution < 1.29 is 230 Å². The molecule has 13 N–H and O–H groups in total. The average Bonchev–Trinajstić information content (AvgIpc) is 0.848. The molecule has 0 saturated carbocycles. The normalized spacial score (nSPS) is 10.4. The maximum Gasteiger partial charge on any atom is 1.00 e. The van der Waals surface area contributed by atoms with E-state index in [2.05, 4.69) is 30.7 Å². The molecule has 2 rings (SSSR count). The molecule has 56 heteroatoms. The summed E-state index contributed by atoms with van der Waals surface area (Å²) in [4.78, 5) is 78.5. The molecule has 50 nitrogen and oxygen atoms in total. The summed E-state index contributed by atoms with van der Waals surface area (Å²) in [6.07, 6.45) is -0.157. The predicted octanol–water partition coefficient (Wildman–Crippen LogP) is 5.30. The van der Waals surface area contributed by atoms with E-state index in [0.29, 0.717) is 217 Å². The Balaban J connectivity index is -0.000000119. The number of aliphatic hydroxyl groups excluding tert-OH is 6. The Hall–Kier alpha value is -5.89. The van der Waals surface area contributed by atoms with E-state index in [1.807, 2.05) is 55.4 Å². The van der Waals surface area contributed by atoms with Gasteiger partial charge in [-0.25, -0.2) is 27.6 Å². The fourth-order valence-electron chi connectivity index (χ4n) is 7.22. The van der Waals surface area contributed by atoms with Gasteiger partial charge >= 0.3 is 71.7 Å². The first-order chi connectivity index (χ1) is 65.0. The number of alkyl halides is 1. The fraction of sp³-hybridized carbons (Fsp3) is 0.779.